The van der Waals surface area contributed by atoms with Crippen LogP contribution in [0.15, 0.2) is 55.4 Å². The van der Waals surface area contributed by atoms with Crippen LogP contribution in [0.1, 0.15) is 10.5 Å². The summed E-state index contributed by atoms with van der Waals surface area (Å²) in [4.78, 5) is 27.9. The number of pyridine rings is 2. The number of ether oxygens (including phenoxy) is 1. The van der Waals surface area contributed by atoms with Gasteiger partial charge in [-0.1, -0.05) is 11.6 Å². The lowest BCUT2D eigenvalue weighted by molar-refractivity contribution is 0.102. The molecule has 3 heterocycles. The number of nitrogens with one attached hydrogen (secondary N) is 1. The number of nitrogens with zero attached hydrogens (tertiary/aromatic N) is 4. The van der Waals surface area contributed by atoms with Crippen molar-refractivity contribution in [1.29, 1.82) is 0 Å². The fraction of sp³-hybridized carbons (Fsp3) is 0. The van der Waals surface area contributed by atoms with Crippen molar-refractivity contribution >= 4 is 23.3 Å². The summed E-state index contributed by atoms with van der Waals surface area (Å²) in [6.07, 6.45) is 7.36. The molecule has 8 heteroatoms. The highest BCUT2D eigenvalue weighted by Gasteiger charge is 2.10. The Labute approximate surface area is 136 Å². The van der Waals surface area contributed by atoms with E-state index in [0.29, 0.717) is 22.3 Å². The lowest BCUT2D eigenvalue weighted by atomic mass is 10.3. The highest BCUT2D eigenvalue weighted by molar-refractivity contribution is 6.30. The molecule has 1 N–H and O–H groups in total. The number of hydrogen-bond acceptors (Lipinski definition) is 6. The molecule has 0 aromatic carbocycles. The Kier molecular flexibility index (Phi) is 4.39. The maximum Gasteiger partial charge on any atom is 0.275 e. The summed E-state index contributed by atoms with van der Waals surface area (Å²) in [6, 6.07) is 6.37. The van der Waals surface area contributed by atoms with E-state index in [1.807, 2.05) is 0 Å². The first-order chi connectivity index (χ1) is 11.2. The molecule has 3 rings (SSSR count). The first kappa shape index (κ1) is 14.9. The van der Waals surface area contributed by atoms with Crippen molar-refractivity contribution in [3.8, 4) is 11.5 Å². The second-order valence-electron chi connectivity index (χ2n) is 4.37. The van der Waals surface area contributed by atoms with Gasteiger partial charge in [0, 0.05) is 18.5 Å². The van der Waals surface area contributed by atoms with Gasteiger partial charge in [-0.25, -0.2) is 15.0 Å². The van der Waals surface area contributed by atoms with Gasteiger partial charge >= 0.3 is 0 Å². The molecule has 0 unspecified atom stereocenters. The number of aromatic nitrogens is 4. The van der Waals surface area contributed by atoms with Gasteiger partial charge in [-0.05, 0) is 18.2 Å². The number of hydrogen-bond donors (Lipinski definition) is 1. The largest absolute Gasteiger partial charge is 0.454 e. The predicted molar refractivity (Wildman–Crippen MR) is 83.5 cm³/mol. The molecule has 0 atom stereocenters. The van der Waals surface area contributed by atoms with E-state index in [1.54, 1.807) is 18.2 Å². The standard InChI is InChI=1S/C15H10ClN5O2/c16-10-1-2-14(20-6-10)21-15(22)13-5-11(3-4-19-13)23-12-7-17-9-18-8-12/h1-9H,(H,20,21,22). The Morgan fingerprint density at radius 2 is 1.87 bits per heavy atom. The van der Waals surface area contributed by atoms with Crippen LogP contribution in [0.5, 0.6) is 11.5 Å². The number of anilines is 1. The van der Waals surface area contributed by atoms with Gasteiger partial charge in [-0.2, -0.15) is 0 Å². The second-order valence-corrected chi connectivity index (χ2v) is 4.81. The van der Waals surface area contributed by atoms with Crippen molar-refractivity contribution in [3.63, 3.8) is 0 Å². The van der Waals surface area contributed by atoms with E-state index in [-0.39, 0.29) is 5.69 Å². The molecule has 0 spiro atoms. The van der Waals surface area contributed by atoms with Crippen molar-refractivity contribution in [2.45, 2.75) is 0 Å². The topological polar surface area (TPSA) is 89.9 Å². The molecule has 3 aromatic heterocycles. The number of halogens is 1. The first-order valence-electron chi connectivity index (χ1n) is 6.52. The third-order valence-corrected chi connectivity index (χ3v) is 2.93. The summed E-state index contributed by atoms with van der Waals surface area (Å²) in [5.74, 6) is 0.881. The van der Waals surface area contributed by atoms with E-state index in [9.17, 15) is 4.79 Å². The van der Waals surface area contributed by atoms with Crippen LogP contribution in [0.3, 0.4) is 0 Å². The van der Waals surface area contributed by atoms with Crippen LogP contribution < -0.4 is 10.1 Å². The summed E-state index contributed by atoms with van der Waals surface area (Å²) in [5.41, 5.74) is 0.191. The zero-order chi connectivity index (χ0) is 16.1. The molecule has 0 bridgehead atoms. The van der Waals surface area contributed by atoms with Crippen molar-refractivity contribution < 1.29 is 9.53 Å². The van der Waals surface area contributed by atoms with Gasteiger partial charge in [0.25, 0.3) is 5.91 Å². The van der Waals surface area contributed by atoms with E-state index in [4.69, 9.17) is 16.3 Å². The lowest BCUT2D eigenvalue weighted by Gasteiger charge is -2.07. The minimum absolute atomic E-state index is 0.191. The average Bonchev–Trinajstić information content (AvgIpc) is 2.58. The number of carbonyl (C=O) groups excluding carboxylic acids is 1. The third-order valence-electron chi connectivity index (χ3n) is 2.71. The highest BCUT2D eigenvalue weighted by atomic mass is 35.5. The van der Waals surface area contributed by atoms with Crippen LogP contribution in [0.25, 0.3) is 0 Å². The molecule has 0 radical (unpaired) electrons. The zero-order valence-corrected chi connectivity index (χ0v) is 12.4. The fourth-order valence-electron chi connectivity index (χ4n) is 1.70. The van der Waals surface area contributed by atoms with E-state index in [1.165, 1.54) is 37.2 Å². The predicted octanol–water partition coefficient (Wildman–Crippen LogP) is 2.96. The first-order valence-corrected chi connectivity index (χ1v) is 6.90. The molecule has 0 aliphatic carbocycles. The molecule has 0 aliphatic heterocycles. The SMILES string of the molecule is O=C(Nc1ccc(Cl)cn1)c1cc(Oc2cncnc2)ccn1. The van der Waals surface area contributed by atoms with Crippen LogP contribution >= 0.6 is 11.6 Å². The highest BCUT2D eigenvalue weighted by Crippen LogP contribution is 2.20. The molecule has 3 aromatic rings. The van der Waals surface area contributed by atoms with Crippen LogP contribution in [-0.2, 0) is 0 Å². The van der Waals surface area contributed by atoms with Crippen LogP contribution in [0.2, 0.25) is 5.02 Å². The Morgan fingerprint density at radius 1 is 1.04 bits per heavy atom. The van der Waals surface area contributed by atoms with Crippen LogP contribution in [0, 0.1) is 0 Å². The minimum atomic E-state index is -0.408. The number of rotatable bonds is 4. The molecule has 23 heavy (non-hydrogen) atoms. The summed E-state index contributed by atoms with van der Waals surface area (Å²) < 4.78 is 5.56. The van der Waals surface area contributed by atoms with Crippen molar-refractivity contribution in [1.82, 2.24) is 19.9 Å². The van der Waals surface area contributed by atoms with Gasteiger partial charge < -0.3 is 10.1 Å². The van der Waals surface area contributed by atoms with Crippen molar-refractivity contribution in [2.24, 2.45) is 0 Å². The van der Waals surface area contributed by atoms with Crippen molar-refractivity contribution in [3.05, 3.63) is 66.1 Å². The molecular formula is C15H10ClN5O2. The number of amides is 1. The van der Waals surface area contributed by atoms with Gasteiger partial charge in [-0.15, -0.1) is 0 Å². The molecular weight excluding hydrogens is 318 g/mol. The normalized spacial score (nSPS) is 10.1. The molecule has 7 nitrogen and oxygen atoms in total. The number of carbonyl (C=O) groups is 1. The summed E-state index contributed by atoms with van der Waals surface area (Å²) in [7, 11) is 0. The fourth-order valence-corrected chi connectivity index (χ4v) is 1.81. The molecule has 0 saturated carbocycles. The van der Waals surface area contributed by atoms with E-state index >= 15 is 0 Å². The maximum atomic E-state index is 12.2. The molecule has 114 valence electrons. The second kappa shape index (κ2) is 6.80. The molecule has 1 amide bonds. The Bertz CT molecular complexity index is 812. The third kappa shape index (κ3) is 3.98. The minimum Gasteiger partial charge on any atom is -0.454 e. The van der Waals surface area contributed by atoms with Crippen LogP contribution in [0.4, 0.5) is 5.82 Å². The van der Waals surface area contributed by atoms with Gasteiger partial charge in [0.2, 0.25) is 0 Å². The molecule has 0 aliphatic rings. The molecule has 0 fully saturated rings. The van der Waals surface area contributed by atoms with E-state index < -0.39 is 5.91 Å². The van der Waals surface area contributed by atoms with Gasteiger partial charge in [0.15, 0.2) is 5.75 Å². The smallest absolute Gasteiger partial charge is 0.275 e. The quantitative estimate of drug-likeness (QED) is 0.792. The molecule has 0 saturated heterocycles. The van der Waals surface area contributed by atoms with E-state index in [2.05, 4.69) is 25.3 Å². The zero-order valence-electron chi connectivity index (χ0n) is 11.7. The summed E-state index contributed by atoms with van der Waals surface area (Å²) >= 11 is 5.75. The summed E-state index contributed by atoms with van der Waals surface area (Å²) in [6.45, 7) is 0. The van der Waals surface area contributed by atoms with Gasteiger partial charge in [0.1, 0.15) is 23.6 Å². The van der Waals surface area contributed by atoms with Gasteiger partial charge in [-0.3, -0.25) is 9.78 Å². The Balaban J connectivity index is 1.73. The average molecular weight is 328 g/mol. The summed E-state index contributed by atoms with van der Waals surface area (Å²) in [5, 5.41) is 3.11. The monoisotopic (exact) mass is 327 g/mol. The van der Waals surface area contributed by atoms with Crippen molar-refractivity contribution in [2.75, 3.05) is 5.32 Å². The van der Waals surface area contributed by atoms with Gasteiger partial charge in [0.05, 0.1) is 17.4 Å². The Hall–Kier alpha value is -3.06. The Morgan fingerprint density at radius 3 is 2.61 bits per heavy atom. The maximum absolute atomic E-state index is 12.2. The van der Waals surface area contributed by atoms with Crippen LogP contribution in [-0.4, -0.2) is 25.8 Å². The lowest BCUT2D eigenvalue weighted by Crippen LogP contribution is -2.14. The van der Waals surface area contributed by atoms with E-state index in [0.717, 1.165) is 0 Å².